The third-order valence-corrected chi connectivity index (χ3v) is 8.39. The molecule has 2 nitrogen and oxygen atoms in total. The molecule has 2 heteroatoms. The molecule has 36 heavy (non-hydrogen) atoms. The molecule has 0 fully saturated rings. The summed E-state index contributed by atoms with van der Waals surface area (Å²) in [6.45, 7) is 9.39. The number of hydrogen-bond acceptors (Lipinski definition) is 0. The summed E-state index contributed by atoms with van der Waals surface area (Å²) in [6.07, 6.45) is 39.7. The normalized spacial score (nSPS) is 13.3. The number of hydrogen-bond donors (Lipinski definition) is 1. The lowest BCUT2D eigenvalue weighted by molar-refractivity contribution is -0.727. The first-order valence-corrected chi connectivity index (χ1v) is 16.8. The van der Waals surface area contributed by atoms with Gasteiger partial charge in [-0.05, 0) is 32.6 Å². The summed E-state index contributed by atoms with van der Waals surface area (Å²) in [6, 6.07) is 0.622. The Morgan fingerprint density at radius 1 is 0.528 bits per heavy atom. The van der Waals surface area contributed by atoms with Crippen molar-refractivity contribution >= 4 is 0 Å². The van der Waals surface area contributed by atoms with E-state index in [1.165, 1.54) is 166 Å². The molecule has 2 atom stereocenters. The monoisotopic (exact) mass is 504 g/mol. The molecule has 0 bridgehead atoms. The van der Waals surface area contributed by atoms with Crippen LogP contribution in [0.5, 0.6) is 0 Å². The minimum absolute atomic E-state index is 0.622. The summed E-state index contributed by atoms with van der Waals surface area (Å²) in [4.78, 5) is 3.72. The number of nitrogens with zero attached hydrogens (tertiary/aromatic N) is 1. The minimum Gasteiger partial charge on any atom is -0.247 e. The maximum atomic E-state index is 3.72. The smallest absolute Gasteiger partial charge is 0.247 e. The highest BCUT2D eigenvalue weighted by Gasteiger charge is 2.25. The molecule has 212 valence electrons. The Morgan fingerprint density at radius 3 is 1.31 bits per heavy atom. The standard InChI is InChI=1S/C34H66N2/c1-5-8-11-14-17-18-20-23-26-29-33(28-25-22-16-13-10-7-3)34-35-30-31-36(34)32(4)27-24-21-19-15-12-9-6-2/h30-33H,5-29H2,1-4H3/p+1. The van der Waals surface area contributed by atoms with Gasteiger partial charge in [0.1, 0.15) is 12.4 Å². The summed E-state index contributed by atoms with van der Waals surface area (Å²) in [5.74, 6) is 2.24. The Morgan fingerprint density at radius 2 is 0.889 bits per heavy atom. The zero-order valence-corrected chi connectivity index (χ0v) is 25.4. The Hall–Kier alpha value is -0.790. The predicted octanol–water partition coefficient (Wildman–Crippen LogP) is 11.8. The van der Waals surface area contributed by atoms with Gasteiger partial charge in [0, 0.05) is 0 Å². The van der Waals surface area contributed by atoms with Crippen molar-refractivity contribution in [1.29, 1.82) is 0 Å². The molecular formula is C34H67N2+. The van der Waals surface area contributed by atoms with Crippen LogP contribution in [0.2, 0.25) is 0 Å². The third kappa shape index (κ3) is 16.9. The lowest BCUT2D eigenvalue weighted by atomic mass is 9.92. The number of nitrogens with one attached hydrogen (secondary N) is 1. The molecule has 0 aliphatic heterocycles. The first-order valence-electron chi connectivity index (χ1n) is 16.8. The van der Waals surface area contributed by atoms with Gasteiger partial charge in [-0.2, -0.15) is 0 Å². The van der Waals surface area contributed by atoms with E-state index in [1.54, 1.807) is 0 Å². The van der Waals surface area contributed by atoms with Gasteiger partial charge in [0.25, 0.3) is 5.82 Å². The minimum atomic E-state index is 0.622. The predicted molar refractivity (Wildman–Crippen MR) is 161 cm³/mol. The van der Waals surface area contributed by atoms with E-state index in [0.717, 1.165) is 0 Å². The number of unbranched alkanes of at least 4 members (excludes halogenated alkanes) is 19. The Bertz CT molecular complexity index is 563. The number of H-pyrrole nitrogens is 1. The highest BCUT2D eigenvalue weighted by molar-refractivity contribution is 4.90. The molecule has 0 aliphatic rings. The first kappa shape index (κ1) is 33.2. The first-order chi connectivity index (χ1) is 17.7. The third-order valence-electron chi connectivity index (χ3n) is 8.39. The lowest BCUT2D eigenvalue weighted by Crippen LogP contribution is -2.41. The Labute approximate surface area is 227 Å². The van der Waals surface area contributed by atoms with Crippen LogP contribution in [0.1, 0.15) is 206 Å². The van der Waals surface area contributed by atoms with Gasteiger partial charge in [-0.3, -0.25) is 0 Å². The van der Waals surface area contributed by atoms with Crippen molar-refractivity contribution in [1.82, 2.24) is 4.98 Å². The fourth-order valence-electron chi connectivity index (χ4n) is 5.90. The Kier molecular flexibility index (Phi) is 22.7. The van der Waals surface area contributed by atoms with Gasteiger partial charge in [-0.15, -0.1) is 0 Å². The van der Waals surface area contributed by atoms with Gasteiger partial charge < -0.3 is 0 Å². The average molecular weight is 504 g/mol. The molecule has 0 spiro atoms. The van der Waals surface area contributed by atoms with Crippen LogP contribution in [0.4, 0.5) is 0 Å². The van der Waals surface area contributed by atoms with Gasteiger partial charge in [0.15, 0.2) is 0 Å². The van der Waals surface area contributed by atoms with Crippen molar-refractivity contribution in [3.63, 3.8) is 0 Å². The highest BCUT2D eigenvalue weighted by Crippen LogP contribution is 2.27. The van der Waals surface area contributed by atoms with E-state index in [0.29, 0.717) is 12.0 Å². The molecule has 0 radical (unpaired) electrons. The van der Waals surface area contributed by atoms with Crippen LogP contribution >= 0.6 is 0 Å². The van der Waals surface area contributed by atoms with E-state index in [-0.39, 0.29) is 0 Å². The van der Waals surface area contributed by atoms with Crippen LogP contribution in [0.3, 0.4) is 0 Å². The summed E-state index contributed by atoms with van der Waals surface area (Å²) in [7, 11) is 0. The van der Waals surface area contributed by atoms with Crippen LogP contribution < -0.4 is 4.57 Å². The number of imidazole rings is 1. The second-order valence-corrected chi connectivity index (χ2v) is 11.9. The number of aromatic nitrogens is 2. The maximum Gasteiger partial charge on any atom is 0.257 e. The molecule has 1 heterocycles. The quantitative estimate of drug-likeness (QED) is 0.0909. The van der Waals surface area contributed by atoms with Crippen molar-refractivity contribution in [3.8, 4) is 0 Å². The molecule has 1 aromatic rings. The lowest BCUT2D eigenvalue weighted by Gasteiger charge is -2.17. The molecular weight excluding hydrogens is 436 g/mol. The van der Waals surface area contributed by atoms with E-state index in [4.69, 9.17) is 0 Å². The van der Waals surface area contributed by atoms with Crippen molar-refractivity contribution in [2.45, 2.75) is 200 Å². The summed E-state index contributed by atoms with van der Waals surface area (Å²) < 4.78 is 2.62. The van der Waals surface area contributed by atoms with Gasteiger partial charge >= 0.3 is 0 Å². The zero-order chi connectivity index (χ0) is 26.1. The topological polar surface area (TPSA) is 19.7 Å². The van der Waals surface area contributed by atoms with Gasteiger partial charge in [0.05, 0.1) is 12.0 Å². The maximum absolute atomic E-state index is 3.72. The molecule has 0 aromatic carbocycles. The van der Waals surface area contributed by atoms with E-state index < -0.39 is 0 Å². The summed E-state index contributed by atoms with van der Waals surface area (Å²) in [5, 5.41) is 0. The van der Waals surface area contributed by atoms with E-state index in [2.05, 4.69) is 49.6 Å². The van der Waals surface area contributed by atoms with E-state index in [1.807, 2.05) is 0 Å². The summed E-state index contributed by atoms with van der Waals surface area (Å²) in [5.41, 5.74) is 0. The number of aromatic amines is 1. The molecule has 1 aromatic heterocycles. The van der Waals surface area contributed by atoms with Gasteiger partial charge in [-0.25, -0.2) is 9.55 Å². The largest absolute Gasteiger partial charge is 0.257 e. The van der Waals surface area contributed by atoms with Crippen LogP contribution in [-0.2, 0) is 0 Å². The SMILES string of the molecule is CCCCCCCCCCCC(CCCCCCCC)c1[nH]cc[n+]1C(C)CCCCCCCCC. The average Bonchev–Trinajstić information content (AvgIpc) is 3.38. The molecule has 1 N–H and O–H groups in total. The fourth-order valence-corrected chi connectivity index (χ4v) is 5.90. The molecule has 0 aliphatic carbocycles. The molecule has 2 unspecified atom stereocenters. The van der Waals surface area contributed by atoms with Gasteiger partial charge in [-0.1, -0.05) is 156 Å². The van der Waals surface area contributed by atoms with Crippen LogP contribution in [-0.4, -0.2) is 4.98 Å². The van der Waals surface area contributed by atoms with Crippen LogP contribution in [0, 0.1) is 0 Å². The van der Waals surface area contributed by atoms with E-state index >= 15 is 0 Å². The molecule has 0 amide bonds. The number of rotatable bonds is 27. The Balaban J connectivity index is 2.48. The van der Waals surface area contributed by atoms with Crippen molar-refractivity contribution in [2.24, 2.45) is 0 Å². The van der Waals surface area contributed by atoms with Crippen LogP contribution in [0.15, 0.2) is 12.4 Å². The molecule has 0 saturated carbocycles. The van der Waals surface area contributed by atoms with Crippen molar-refractivity contribution in [2.75, 3.05) is 0 Å². The fraction of sp³-hybridized carbons (Fsp3) is 0.912. The second-order valence-electron chi connectivity index (χ2n) is 11.9. The zero-order valence-electron chi connectivity index (χ0n) is 25.4. The van der Waals surface area contributed by atoms with Crippen LogP contribution in [0.25, 0.3) is 0 Å². The molecule has 0 saturated heterocycles. The summed E-state index contributed by atoms with van der Waals surface area (Å²) >= 11 is 0. The van der Waals surface area contributed by atoms with Crippen molar-refractivity contribution < 1.29 is 4.57 Å². The highest BCUT2D eigenvalue weighted by atomic mass is 15.1. The van der Waals surface area contributed by atoms with Crippen molar-refractivity contribution in [3.05, 3.63) is 18.2 Å². The molecule has 1 rings (SSSR count). The second kappa shape index (κ2) is 24.5. The van der Waals surface area contributed by atoms with Gasteiger partial charge in [0.2, 0.25) is 0 Å². The van der Waals surface area contributed by atoms with E-state index in [9.17, 15) is 0 Å².